The summed E-state index contributed by atoms with van der Waals surface area (Å²) in [6.07, 6.45) is 0. The van der Waals surface area contributed by atoms with Crippen LogP contribution in [0.1, 0.15) is 17.4 Å². The molecule has 1 heterocycles. The number of carbonyl (C=O) groups excluding carboxylic acids is 1. The maximum atomic E-state index is 11.0. The van der Waals surface area contributed by atoms with Crippen LogP contribution in [-0.2, 0) is 11.3 Å². The highest BCUT2D eigenvalue weighted by Gasteiger charge is 2.04. The van der Waals surface area contributed by atoms with Gasteiger partial charge in [-0.2, -0.15) is 0 Å². The number of carbonyl (C=O) groups is 1. The summed E-state index contributed by atoms with van der Waals surface area (Å²) in [5, 5.41) is 2.01. The number of nitrogens with zero attached hydrogens (tertiary/aromatic N) is 1. The monoisotopic (exact) mass is 222 g/mol. The van der Waals surface area contributed by atoms with Gasteiger partial charge in [0.25, 0.3) is 0 Å². The summed E-state index contributed by atoms with van der Waals surface area (Å²) in [6.45, 7) is 2.57. The lowest BCUT2D eigenvalue weighted by molar-refractivity contribution is -0.128. The molecule has 0 aromatic carbocycles. The van der Waals surface area contributed by atoms with Gasteiger partial charge in [-0.25, -0.2) is 0 Å². The third-order valence-corrected chi connectivity index (χ3v) is 2.82. The zero-order valence-corrected chi connectivity index (χ0v) is 9.73. The van der Waals surface area contributed by atoms with Crippen molar-refractivity contribution < 1.29 is 4.79 Å². The molecule has 1 amide bonds. The third kappa shape index (κ3) is 3.74. The fourth-order valence-corrected chi connectivity index (χ4v) is 1.82. The van der Waals surface area contributed by atoms with Crippen molar-refractivity contribution in [1.29, 1.82) is 0 Å². The number of rotatable bonds is 2. The zero-order chi connectivity index (χ0) is 11.3. The Morgan fingerprint density at radius 2 is 2.40 bits per heavy atom. The van der Waals surface area contributed by atoms with E-state index in [1.807, 2.05) is 11.4 Å². The summed E-state index contributed by atoms with van der Waals surface area (Å²) in [5.41, 5.74) is 6.39. The summed E-state index contributed by atoms with van der Waals surface area (Å²) in [5.74, 6) is 5.83. The van der Waals surface area contributed by atoms with Crippen molar-refractivity contribution in [3.05, 3.63) is 21.9 Å². The first-order valence-electron chi connectivity index (χ1n) is 4.61. The normalized spacial score (nSPS) is 9.27. The fourth-order valence-electron chi connectivity index (χ4n) is 1.05. The highest BCUT2D eigenvalue weighted by Crippen LogP contribution is 2.14. The van der Waals surface area contributed by atoms with Crippen molar-refractivity contribution in [1.82, 2.24) is 4.90 Å². The number of hydrogen-bond donors (Lipinski definition) is 1. The van der Waals surface area contributed by atoms with Crippen LogP contribution in [0.4, 0.5) is 0 Å². The van der Waals surface area contributed by atoms with E-state index in [2.05, 4.69) is 11.8 Å². The molecule has 0 saturated carbocycles. The molecular formula is C11H14N2OS. The first-order chi connectivity index (χ1) is 7.13. The van der Waals surface area contributed by atoms with E-state index in [4.69, 9.17) is 5.73 Å². The highest BCUT2D eigenvalue weighted by atomic mass is 32.1. The highest BCUT2D eigenvalue weighted by molar-refractivity contribution is 7.10. The van der Waals surface area contributed by atoms with Gasteiger partial charge in [0.05, 0.1) is 11.4 Å². The van der Waals surface area contributed by atoms with Gasteiger partial charge in [0.1, 0.15) is 0 Å². The fraction of sp³-hybridized carbons (Fsp3) is 0.364. The van der Waals surface area contributed by atoms with E-state index in [0.29, 0.717) is 13.1 Å². The van der Waals surface area contributed by atoms with Crippen LogP contribution in [0, 0.1) is 11.8 Å². The molecule has 1 rings (SSSR count). The largest absolute Gasteiger partial charge is 0.342 e. The minimum atomic E-state index is 0.0655. The topological polar surface area (TPSA) is 46.3 Å². The maximum absolute atomic E-state index is 11.0. The van der Waals surface area contributed by atoms with Crippen molar-refractivity contribution >= 4 is 17.2 Å². The molecule has 1 aromatic rings. The van der Waals surface area contributed by atoms with Crippen LogP contribution < -0.4 is 5.73 Å². The minimum absolute atomic E-state index is 0.0655. The molecule has 0 aliphatic heterocycles. The Labute approximate surface area is 93.9 Å². The molecule has 0 aliphatic rings. The first-order valence-corrected chi connectivity index (χ1v) is 5.49. The predicted octanol–water partition coefficient (Wildman–Crippen LogP) is 1.04. The molecule has 0 fully saturated rings. The van der Waals surface area contributed by atoms with Crippen molar-refractivity contribution in [3.8, 4) is 11.8 Å². The van der Waals surface area contributed by atoms with Crippen LogP contribution in [-0.4, -0.2) is 24.4 Å². The summed E-state index contributed by atoms with van der Waals surface area (Å²) < 4.78 is 0. The summed E-state index contributed by atoms with van der Waals surface area (Å²) in [7, 11) is 1.78. The van der Waals surface area contributed by atoms with Gasteiger partial charge < -0.3 is 10.6 Å². The van der Waals surface area contributed by atoms with Crippen LogP contribution in [0.5, 0.6) is 0 Å². The van der Waals surface area contributed by atoms with E-state index in [-0.39, 0.29) is 5.91 Å². The SMILES string of the molecule is CC(=O)N(C)Cc1csc(C#CCN)c1. The molecule has 0 bridgehead atoms. The number of hydrogen-bond acceptors (Lipinski definition) is 3. The Hall–Kier alpha value is -1.31. The van der Waals surface area contributed by atoms with Gasteiger partial charge in [0.15, 0.2) is 0 Å². The van der Waals surface area contributed by atoms with Crippen molar-refractivity contribution in [2.75, 3.05) is 13.6 Å². The van der Waals surface area contributed by atoms with E-state index < -0.39 is 0 Å². The van der Waals surface area contributed by atoms with Gasteiger partial charge in [-0.15, -0.1) is 11.3 Å². The van der Waals surface area contributed by atoms with E-state index >= 15 is 0 Å². The van der Waals surface area contributed by atoms with Crippen LogP contribution in [0.25, 0.3) is 0 Å². The number of nitrogens with two attached hydrogens (primary N) is 1. The Morgan fingerprint density at radius 3 is 3.00 bits per heavy atom. The Balaban J connectivity index is 2.64. The van der Waals surface area contributed by atoms with E-state index in [1.165, 1.54) is 0 Å². The molecule has 80 valence electrons. The summed E-state index contributed by atoms with van der Waals surface area (Å²) >= 11 is 1.58. The molecule has 1 aromatic heterocycles. The lowest BCUT2D eigenvalue weighted by atomic mass is 10.3. The maximum Gasteiger partial charge on any atom is 0.219 e. The number of amides is 1. The van der Waals surface area contributed by atoms with Crippen LogP contribution in [0.15, 0.2) is 11.4 Å². The third-order valence-electron chi connectivity index (χ3n) is 1.92. The molecule has 0 saturated heterocycles. The van der Waals surface area contributed by atoms with Crippen molar-refractivity contribution in [2.24, 2.45) is 5.73 Å². The molecule has 0 radical (unpaired) electrons. The molecule has 0 atom stereocenters. The lowest BCUT2D eigenvalue weighted by Crippen LogP contribution is -2.22. The van der Waals surface area contributed by atoms with Crippen LogP contribution >= 0.6 is 11.3 Å². The average molecular weight is 222 g/mol. The smallest absolute Gasteiger partial charge is 0.219 e. The Morgan fingerprint density at radius 1 is 1.67 bits per heavy atom. The zero-order valence-electron chi connectivity index (χ0n) is 8.91. The molecule has 2 N–H and O–H groups in total. The molecule has 4 heteroatoms. The average Bonchev–Trinajstić information content (AvgIpc) is 2.62. The first kappa shape index (κ1) is 11.8. The second kappa shape index (κ2) is 5.54. The molecule has 0 spiro atoms. The van der Waals surface area contributed by atoms with Gasteiger partial charge in [0, 0.05) is 20.5 Å². The molecule has 0 aliphatic carbocycles. The Bertz CT molecular complexity index is 400. The van der Waals surface area contributed by atoms with Gasteiger partial charge in [-0.05, 0) is 17.0 Å². The van der Waals surface area contributed by atoms with E-state index in [9.17, 15) is 4.79 Å². The van der Waals surface area contributed by atoms with Crippen molar-refractivity contribution in [2.45, 2.75) is 13.5 Å². The van der Waals surface area contributed by atoms with Crippen LogP contribution in [0.2, 0.25) is 0 Å². The van der Waals surface area contributed by atoms with Gasteiger partial charge in [-0.1, -0.05) is 11.8 Å². The van der Waals surface area contributed by atoms with Gasteiger partial charge >= 0.3 is 0 Å². The number of thiophene rings is 1. The second-order valence-corrected chi connectivity index (χ2v) is 4.11. The lowest BCUT2D eigenvalue weighted by Gasteiger charge is -2.12. The van der Waals surface area contributed by atoms with Crippen LogP contribution in [0.3, 0.4) is 0 Å². The minimum Gasteiger partial charge on any atom is -0.342 e. The van der Waals surface area contributed by atoms with E-state index in [0.717, 1.165) is 10.4 Å². The van der Waals surface area contributed by atoms with E-state index in [1.54, 1.807) is 30.2 Å². The Kier molecular flexibility index (Phi) is 4.35. The predicted molar refractivity (Wildman–Crippen MR) is 62.4 cm³/mol. The van der Waals surface area contributed by atoms with Gasteiger partial charge in [0.2, 0.25) is 5.91 Å². The summed E-state index contributed by atoms with van der Waals surface area (Å²) in [4.78, 5) is 13.7. The standard InChI is InChI=1S/C11H14N2OS/c1-9(14)13(2)7-10-6-11(15-8-10)4-3-5-12/h6,8H,5,7,12H2,1-2H3. The van der Waals surface area contributed by atoms with Crippen molar-refractivity contribution in [3.63, 3.8) is 0 Å². The quantitative estimate of drug-likeness (QED) is 0.760. The molecule has 15 heavy (non-hydrogen) atoms. The summed E-state index contributed by atoms with van der Waals surface area (Å²) in [6, 6.07) is 1.99. The molecular weight excluding hydrogens is 208 g/mol. The molecule has 3 nitrogen and oxygen atoms in total. The second-order valence-electron chi connectivity index (χ2n) is 3.20. The molecule has 0 unspecified atom stereocenters. The van der Waals surface area contributed by atoms with Gasteiger partial charge in [-0.3, -0.25) is 4.79 Å².